The molecule has 0 bridgehead atoms. The summed E-state index contributed by atoms with van der Waals surface area (Å²) >= 11 is 1.38. The number of amides is 2. The van der Waals surface area contributed by atoms with Crippen LogP contribution in [0.2, 0.25) is 0 Å². The highest BCUT2D eigenvalue weighted by Gasteiger charge is 2.33. The second-order valence-corrected chi connectivity index (χ2v) is 11.2. The Hall–Kier alpha value is -5.62. The smallest absolute Gasteiger partial charge is 0.251 e. The summed E-state index contributed by atoms with van der Waals surface area (Å²) in [5, 5.41) is 13.8. The van der Waals surface area contributed by atoms with Crippen molar-refractivity contribution in [1.29, 1.82) is 0 Å². The van der Waals surface area contributed by atoms with Crippen molar-refractivity contribution in [3.8, 4) is 22.8 Å². The van der Waals surface area contributed by atoms with Gasteiger partial charge < -0.3 is 19.7 Å². The van der Waals surface area contributed by atoms with Crippen LogP contribution in [0.5, 0.6) is 11.5 Å². The average molecular weight is 621 g/mol. The summed E-state index contributed by atoms with van der Waals surface area (Å²) < 4.78 is 26.4. The van der Waals surface area contributed by atoms with E-state index >= 15 is 0 Å². The first-order valence-corrected chi connectivity index (χ1v) is 14.9. The van der Waals surface area contributed by atoms with Crippen LogP contribution in [0.15, 0.2) is 102 Å². The van der Waals surface area contributed by atoms with Crippen LogP contribution in [0.3, 0.4) is 0 Å². The van der Waals surface area contributed by atoms with Gasteiger partial charge in [-0.15, -0.1) is 16.4 Å². The molecule has 224 valence electrons. The molecule has 0 saturated carbocycles. The molecule has 0 fully saturated rings. The summed E-state index contributed by atoms with van der Waals surface area (Å²) in [5.74, 6) is -0.311. The van der Waals surface area contributed by atoms with Gasteiger partial charge in [-0.1, -0.05) is 59.8 Å². The Morgan fingerprint density at radius 1 is 0.956 bits per heavy atom. The molecule has 0 spiro atoms. The molecule has 6 aromatic rings. The Balaban J connectivity index is 1.26. The zero-order valence-corrected chi connectivity index (χ0v) is 24.5. The van der Waals surface area contributed by atoms with E-state index in [0.717, 1.165) is 11.3 Å². The minimum atomic E-state index is -1.15. The molecular formula is C33H25FN6O4S. The van der Waals surface area contributed by atoms with E-state index in [9.17, 15) is 14.0 Å². The maximum atomic E-state index is 14.3. The predicted octanol–water partition coefficient (Wildman–Crippen LogP) is 5.83. The number of hydrogen-bond acceptors (Lipinski definition) is 8. The van der Waals surface area contributed by atoms with Gasteiger partial charge in [0.15, 0.2) is 11.5 Å². The number of ether oxygens (including phenoxy) is 2. The lowest BCUT2D eigenvalue weighted by Crippen LogP contribution is -2.42. The van der Waals surface area contributed by atoms with E-state index in [1.54, 1.807) is 18.2 Å². The fourth-order valence-electron chi connectivity index (χ4n) is 5.15. The summed E-state index contributed by atoms with van der Waals surface area (Å²) in [6.07, 6.45) is 0. The average Bonchev–Trinajstić information content (AvgIpc) is 3.82. The molecule has 1 aliphatic heterocycles. The molecule has 0 aliphatic carbocycles. The van der Waals surface area contributed by atoms with Crippen molar-refractivity contribution < 1.29 is 23.5 Å². The summed E-state index contributed by atoms with van der Waals surface area (Å²) in [4.78, 5) is 34.6. The third kappa shape index (κ3) is 5.95. The molecule has 0 saturated heterocycles. The maximum Gasteiger partial charge on any atom is 0.251 e. The first-order valence-electron chi connectivity index (χ1n) is 14.1. The minimum absolute atomic E-state index is 0.0135. The molecule has 4 aromatic carbocycles. The van der Waals surface area contributed by atoms with Crippen molar-refractivity contribution in [2.45, 2.75) is 19.1 Å². The number of rotatable bonds is 9. The Kier molecular flexibility index (Phi) is 7.62. The fourth-order valence-corrected chi connectivity index (χ4v) is 5.95. The molecule has 0 radical (unpaired) electrons. The molecule has 10 nitrogen and oxygen atoms in total. The molecule has 3 heterocycles. The van der Waals surface area contributed by atoms with Gasteiger partial charge in [-0.25, -0.2) is 14.1 Å². The number of halogens is 1. The van der Waals surface area contributed by atoms with Gasteiger partial charge in [0.2, 0.25) is 12.7 Å². The molecule has 1 atom stereocenters. The van der Waals surface area contributed by atoms with E-state index in [-0.39, 0.29) is 19.9 Å². The molecular weight excluding hydrogens is 595 g/mol. The second-order valence-electron chi connectivity index (χ2n) is 10.3. The highest BCUT2D eigenvalue weighted by molar-refractivity contribution is 7.09. The van der Waals surface area contributed by atoms with Crippen LogP contribution in [-0.2, 0) is 22.7 Å². The number of hydrogen-bond donors (Lipinski definition) is 1. The van der Waals surface area contributed by atoms with E-state index in [2.05, 4.69) is 15.6 Å². The van der Waals surface area contributed by atoms with Gasteiger partial charge in [-0.2, -0.15) is 0 Å². The molecule has 1 unspecified atom stereocenters. The van der Waals surface area contributed by atoms with Crippen molar-refractivity contribution in [1.82, 2.24) is 24.9 Å². The van der Waals surface area contributed by atoms with Crippen LogP contribution < -0.4 is 14.8 Å². The van der Waals surface area contributed by atoms with Crippen molar-refractivity contribution in [2.75, 3.05) is 12.1 Å². The molecule has 1 N–H and O–H groups in total. The van der Waals surface area contributed by atoms with Crippen molar-refractivity contribution >= 4 is 39.9 Å². The second kappa shape index (κ2) is 12.2. The number of carbonyl (C=O) groups is 2. The lowest BCUT2D eigenvalue weighted by molar-refractivity contribution is -0.140. The van der Waals surface area contributed by atoms with Gasteiger partial charge in [0.05, 0.1) is 17.8 Å². The van der Waals surface area contributed by atoms with Gasteiger partial charge in [0, 0.05) is 22.7 Å². The van der Waals surface area contributed by atoms with Crippen LogP contribution in [0.1, 0.15) is 16.6 Å². The SMILES string of the molecule is O=C(Nc1ccc2c(c1)OCO2)C(c1ccc(F)cc1)N(Cc1nc(-c2ccccc2)cs1)C(=O)Cn1nnc2ccccc21. The number of fused-ring (bicyclic) bond motifs is 2. The zero-order valence-electron chi connectivity index (χ0n) is 23.7. The van der Waals surface area contributed by atoms with Crippen molar-refractivity contribution in [3.05, 3.63) is 119 Å². The maximum absolute atomic E-state index is 14.3. The zero-order chi connectivity index (χ0) is 30.8. The number of aromatic nitrogens is 4. The Morgan fingerprint density at radius 2 is 1.73 bits per heavy atom. The number of para-hydroxylation sites is 1. The van der Waals surface area contributed by atoms with E-state index in [1.807, 2.05) is 60.0 Å². The standard InChI is InChI=1S/C33H25FN6O4S/c34-23-12-10-22(11-13-23)32(33(42)35-24-14-15-28-29(16-24)44-20-43-28)39(17-30-36-26(19-45-30)21-6-2-1-3-7-21)31(41)18-40-27-9-5-4-8-25(27)37-38-40/h1-16,19,32H,17-18,20H2,(H,35,42). The number of carbonyl (C=O) groups excluding carboxylic acids is 2. The molecule has 12 heteroatoms. The molecule has 2 amide bonds. The highest BCUT2D eigenvalue weighted by atomic mass is 32.1. The highest BCUT2D eigenvalue weighted by Crippen LogP contribution is 2.35. The minimum Gasteiger partial charge on any atom is -0.454 e. The van der Waals surface area contributed by atoms with Crippen LogP contribution in [0, 0.1) is 5.82 Å². The molecule has 45 heavy (non-hydrogen) atoms. The Labute approximate surface area is 260 Å². The summed E-state index contributed by atoms with van der Waals surface area (Å²) in [6.45, 7) is -0.0883. The third-order valence-electron chi connectivity index (χ3n) is 7.34. The molecule has 1 aliphatic rings. The summed E-state index contributed by atoms with van der Waals surface area (Å²) in [6, 6.07) is 26.4. The van der Waals surface area contributed by atoms with Gasteiger partial charge in [0.1, 0.15) is 28.9 Å². The van der Waals surface area contributed by atoms with E-state index in [0.29, 0.717) is 38.8 Å². The number of nitrogens with one attached hydrogen (secondary N) is 1. The summed E-state index contributed by atoms with van der Waals surface area (Å²) in [5.41, 5.74) is 3.88. The fraction of sp³-hybridized carbons (Fsp3) is 0.121. The van der Waals surface area contributed by atoms with E-state index in [4.69, 9.17) is 14.5 Å². The van der Waals surface area contributed by atoms with Gasteiger partial charge in [0.25, 0.3) is 5.91 Å². The lowest BCUT2D eigenvalue weighted by atomic mass is 10.0. The molecule has 2 aromatic heterocycles. The quantitative estimate of drug-likeness (QED) is 0.217. The van der Waals surface area contributed by atoms with Gasteiger partial charge >= 0.3 is 0 Å². The normalized spacial score (nSPS) is 12.6. The molecule has 7 rings (SSSR count). The van der Waals surface area contributed by atoms with Crippen LogP contribution in [0.4, 0.5) is 10.1 Å². The van der Waals surface area contributed by atoms with Gasteiger partial charge in [-0.05, 0) is 42.0 Å². The van der Waals surface area contributed by atoms with Crippen molar-refractivity contribution in [2.24, 2.45) is 0 Å². The number of nitrogens with zero attached hydrogens (tertiary/aromatic N) is 5. The third-order valence-corrected chi connectivity index (χ3v) is 8.17. The van der Waals surface area contributed by atoms with Crippen LogP contribution >= 0.6 is 11.3 Å². The van der Waals surface area contributed by atoms with Crippen molar-refractivity contribution in [3.63, 3.8) is 0 Å². The topological polar surface area (TPSA) is 111 Å². The predicted molar refractivity (Wildman–Crippen MR) is 166 cm³/mol. The Bertz CT molecular complexity index is 2000. The number of benzene rings is 4. The largest absolute Gasteiger partial charge is 0.454 e. The van der Waals surface area contributed by atoms with E-state index in [1.165, 1.54) is 45.2 Å². The summed E-state index contributed by atoms with van der Waals surface area (Å²) in [7, 11) is 0. The van der Waals surface area contributed by atoms with Crippen LogP contribution in [-0.4, -0.2) is 43.5 Å². The number of anilines is 1. The lowest BCUT2D eigenvalue weighted by Gasteiger charge is -2.31. The number of thiazole rings is 1. The first kappa shape index (κ1) is 28.2. The monoisotopic (exact) mass is 620 g/mol. The van der Waals surface area contributed by atoms with Crippen LogP contribution in [0.25, 0.3) is 22.3 Å². The van der Waals surface area contributed by atoms with Gasteiger partial charge in [-0.3, -0.25) is 9.59 Å². The Morgan fingerprint density at radius 3 is 2.58 bits per heavy atom. The first-order chi connectivity index (χ1) is 22.0. The van der Waals surface area contributed by atoms with E-state index < -0.39 is 23.7 Å².